The first-order valence-electron chi connectivity index (χ1n) is 6.84. The van der Waals surface area contributed by atoms with E-state index < -0.39 is 40.1 Å². The van der Waals surface area contributed by atoms with E-state index in [0.717, 1.165) is 0 Å². The fourth-order valence-corrected chi connectivity index (χ4v) is 7.42. The minimum Gasteiger partial charge on any atom is -0.392 e. The van der Waals surface area contributed by atoms with Crippen molar-refractivity contribution in [3.8, 4) is 0 Å². The summed E-state index contributed by atoms with van der Waals surface area (Å²) in [6.07, 6.45) is -0.748. The zero-order valence-corrected chi connectivity index (χ0v) is 16.7. The Morgan fingerprint density at radius 2 is 1.57 bits per heavy atom. The van der Waals surface area contributed by atoms with Crippen molar-refractivity contribution >= 4 is 23.5 Å². The quantitative estimate of drug-likeness (QED) is 0.123. The molecule has 0 aliphatic carbocycles. The van der Waals surface area contributed by atoms with E-state index in [1.165, 1.54) is 0 Å². The van der Waals surface area contributed by atoms with Gasteiger partial charge in [-0.3, -0.25) is 9.13 Å². The Labute approximate surface area is 136 Å². The van der Waals surface area contributed by atoms with Crippen molar-refractivity contribution in [2.75, 3.05) is 6.54 Å². The SMILES string of the molecule is CC(C)(C)[Si](C)(C)OC(CCCN=[N+]=[N-])(P(=O)(O)O)P(=O)(O)O. The molecule has 0 aromatic carbocycles. The normalized spacial score (nSPS) is 14.5. The molecule has 0 saturated heterocycles. The molecule has 23 heavy (non-hydrogen) atoms. The minimum atomic E-state index is -5.33. The highest BCUT2D eigenvalue weighted by atomic mass is 31.2. The molecule has 136 valence electrons. The highest BCUT2D eigenvalue weighted by molar-refractivity contribution is 7.72. The van der Waals surface area contributed by atoms with Crippen LogP contribution in [0.15, 0.2) is 5.11 Å². The second-order valence-corrected chi connectivity index (χ2v) is 15.5. The van der Waals surface area contributed by atoms with Gasteiger partial charge in [0, 0.05) is 11.5 Å². The zero-order chi connectivity index (χ0) is 18.7. The number of nitrogens with zero attached hydrogens (tertiary/aromatic N) is 3. The molecule has 0 aliphatic rings. The van der Waals surface area contributed by atoms with Crippen LogP contribution in [0.5, 0.6) is 0 Å². The van der Waals surface area contributed by atoms with Gasteiger partial charge in [-0.1, -0.05) is 25.9 Å². The van der Waals surface area contributed by atoms with Gasteiger partial charge in [0.25, 0.3) is 5.08 Å². The predicted molar refractivity (Wildman–Crippen MR) is 88.3 cm³/mol. The van der Waals surface area contributed by atoms with Gasteiger partial charge in [0.1, 0.15) is 0 Å². The van der Waals surface area contributed by atoms with E-state index in [9.17, 15) is 28.7 Å². The molecule has 0 rings (SSSR count). The number of rotatable bonds is 8. The second-order valence-electron chi connectivity index (χ2n) is 6.75. The van der Waals surface area contributed by atoms with E-state index in [-0.39, 0.29) is 13.0 Å². The smallest absolute Gasteiger partial charge is 0.368 e. The molecule has 0 bridgehead atoms. The van der Waals surface area contributed by atoms with Gasteiger partial charge in [-0.05, 0) is 36.5 Å². The lowest BCUT2D eigenvalue weighted by molar-refractivity contribution is 0.128. The van der Waals surface area contributed by atoms with Crippen LogP contribution in [0.2, 0.25) is 18.1 Å². The fraction of sp³-hybridized carbons (Fsp3) is 1.00. The number of hydrogen-bond acceptors (Lipinski definition) is 4. The maximum absolute atomic E-state index is 12.0. The molecule has 0 atom stereocenters. The summed E-state index contributed by atoms with van der Waals surface area (Å²) in [4.78, 5) is 41.1. The molecule has 0 heterocycles. The lowest BCUT2D eigenvalue weighted by Gasteiger charge is -2.45. The van der Waals surface area contributed by atoms with Crippen LogP contribution >= 0.6 is 15.2 Å². The van der Waals surface area contributed by atoms with Crippen LogP contribution in [-0.4, -0.2) is 39.5 Å². The predicted octanol–water partition coefficient (Wildman–Crippen LogP) is 3.11. The lowest BCUT2D eigenvalue weighted by Crippen LogP contribution is -2.49. The molecule has 0 aliphatic heterocycles. The summed E-state index contributed by atoms with van der Waals surface area (Å²) >= 11 is 0. The largest absolute Gasteiger partial charge is 0.392 e. The van der Waals surface area contributed by atoms with Crippen LogP contribution in [0.1, 0.15) is 33.6 Å². The van der Waals surface area contributed by atoms with Crippen molar-refractivity contribution in [2.45, 2.75) is 56.8 Å². The first-order valence-corrected chi connectivity index (χ1v) is 13.0. The number of azide groups is 1. The van der Waals surface area contributed by atoms with Crippen molar-refractivity contribution in [3.05, 3.63) is 10.4 Å². The van der Waals surface area contributed by atoms with Gasteiger partial charge in [-0.25, -0.2) is 0 Å². The summed E-state index contributed by atoms with van der Waals surface area (Å²) in [6.45, 7) is 8.47. The Morgan fingerprint density at radius 3 is 1.87 bits per heavy atom. The summed E-state index contributed by atoms with van der Waals surface area (Å²) in [7, 11) is -13.6. The lowest BCUT2D eigenvalue weighted by atomic mass is 10.2. The Hall–Kier alpha value is -0.213. The highest BCUT2D eigenvalue weighted by Crippen LogP contribution is 2.72. The van der Waals surface area contributed by atoms with Gasteiger partial charge in [-0.2, -0.15) is 0 Å². The maximum atomic E-state index is 12.0. The van der Waals surface area contributed by atoms with E-state index in [4.69, 9.17) is 9.96 Å². The molecule has 0 amide bonds. The van der Waals surface area contributed by atoms with Crippen molar-refractivity contribution in [1.29, 1.82) is 0 Å². The Bertz CT molecular complexity index is 537. The van der Waals surface area contributed by atoms with Gasteiger partial charge < -0.3 is 24.0 Å². The van der Waals surface area contributed by atoms with Crippen LogP contribution < -0.4 is 0 Å². The molecular formula is C10H25N3O7P2Si. The fourth-order valence-electron chi connectivity index (χ4n) is 1.62. The molecule has 0 saturated carbocycles. The van der Waals surface area contributed by atoms with Crippen LogP contribution in [0.25, 0.3) is 10.4 Å². The third-order valence-corrected chi connectivity index (χ3v) is 12.8. The van der Waals surface area contributed by atoms with E-state index in [0.29, 0.717) is 0 Å². The minimum absolute atomic E-state index is 0.130. The van der Waals surface area contributed by atoms with Crippen molar-refractivity contribution in [1.82, 2.24) is 0 Å². The van der Waals surface area contributed by atoms with Gasteiger partial charge >= 0.3 is 15.2 Å². The zero-order valence-electron chi connectivity index (χ0n) is 13.9. The van der Waals surface area contributed by atoms with Crippen LogP contribution in [-0.2, 0) is 13.6 Å². The third kappa shape index (κ3) is 5.39. The van der Waals surface area contributed by atoms with Crippen molar-refractivity contribution in [2.24, 2.45) is 5.11 Å². The van der Waals surface area contributed by atoms with Gasteiger partial charge in [-0.15, -0.1) is 0 Å². The molecule has 10 nitrogen and oxygen atoms in total. The summed E-state index contributed by atoms with van der Waals surface area (Å²) in [5.41, 5.74) is 8.24. The molecule has 0 unspecified atom stereocenters. The molecule has 4 N–H and O–H groups in total. The molecule has 0 aromatic rings. The monoisotopic (exact) mass is 389 g/mol. The van der Waals surface area contributed by atoms with E-state index in [1.807, 2.05) is 0 Å². The topological polar surface area (TPSA) is 173 Å². The Morgan fingerprint density at radius 1 is 1.13 bits per heavy atom. The Kier molecular flexibility index (Phi) is 7.28. The molecule has 0 aromatic heterocycles. The van der Waals surface area contributed by atoms with Gasteiger partial charge in [0.2, 0.25) is 0 Å². The van der Waals surface area contributed by atoms with E-state index in [1.54, 1.807) is 33.9 Å². The van der Waals surface area contributed by atoms with Crippen molar-refractivity contribution in [3.63, 3.8) is 0 Å². The molecule has 0 spiro atoms. The molecule has 0 fully saturated rings. The highest BCUT2D eigenvalue weighted by Gasteiger charge is 2.64. The number of hydrogen-bond donors (Lipinski definition) is 4. The van der Waals surface area contributed by atoms with Gasteiger partial charge in [0.15, 0.2) is 8.32 Å². The van der Waals surface area contributed by atoms with Crippen LogP contribution in [0.3, 0.4) is 0 Å². The summed E-state index contributed by atoms with van der Waals surface area (Å²) in [5, 5.41) is -0.228. The average molecular weight is 389 g/mol. The van der Waals surface area contributed by atoms with Gasteiger partial charge in [0.05, 0.1) is 0 Å². The van der Waals surface area contributed by atoms with Crippen molar-refractivity contribution < 1.29 is 33.1 Å². The van der Waals surface area contributed by atoms with Crippen LogP contribution in [0.4, 0.5) is 0 Å². The Balaban J connectivity index is 6.01. The average Bonchev–Trinajstić information content (AvgIpc) is 2.28. The summed E-state index contributed by atoms with van der Waals surface area (Å²) < 4.78 is 29.5. The maximum Gasteiger partial charge on any atom is 0.368 e. The standard InChI is InChI=1S/C10H25N3O7P2Si/c1-9(2,3)23(4,5)20-10(21(14,15)16,22(17,18)19)7-6-8-12-13-11/h6-8H2,1-5H3,(H2,14,15,16)(H2,17,18,19). The summed E-state index contributed by atoms with van der Waals surface area (Å²) in [6, 6.07) is 0. The van der Waals surface area contributed by atoms with E-state index in [2.05, 4.69) is 10.0 Å². The van der Waals surface area contributed by atoms with Crippen LogP contribution in [0, 0.1) is 0 Å². The molecule has 13 heteroatoms. The molecular weight excluding hydrogens is 364 g/mol. The second kappa shape index (κ2) is 7.35. The van der Waals surface area contributed by atoms with E-state index >= 15 is 0 Å². The first kappa shape index (κ1) is 22.8. The third-order valence-electron chi connectivity index (χ3n) is 3.96. The summed E-state index contributed by atoms with van der Waals surface area (Å²) in [5.74, 6) is 0. The molecule has 0 radical (unpaired) electrons. The first-order chi connectivity index (χ1) is 10.0.